The highest BCUT2D eigenvalue weighted by atomic mass is 19.1. The minimum Gasteiger partial charge on any atom is -0.490 e. The highest BCUT2D eigenvalue weighted by molar-refractivity contribution is 5.83. The van der Waals surface area contributed by atoms with E-state index < -0.39 is 11.4 Å². The summed E-state index contributed by atoms with van der Waals surface area (Å²) in [5.41, 5.74) is -0.586. The number of rotatable bonds is 9. The summed E-state index contributed by atoms with van der Waals surface area (Å²) in [5.74, 6) is 1.31. The van der Waals surface area contributed by atoms with Crippen LogP contribution in [0.3, 0.4) is 0 Å². The van der Waals surface area contributed by atoms with Crippen LogP contribution in [0.2, 0.25) is 0 Å². The van der Waals surface area contributed by atoms with Crippen molar-refractivity contribution in [2.75, 3.05) is 6.61 Å². The number of unbranched alkanes of at least 4 members (excludes halogenated alkanes) is 3. The number of halogens is 1. The molecule has 2 aromatic rings. The summed E-state index contributed by atoms with van der Waals surface area (Å²) in [7, 11) is 0. The van der Waals surface area contributed by atoms with E-state index in [0.29, 0.717) is 17.8 Å². The molecule has 154 valence electrons. The van der Waals surface area contributed by atoms with Crippen molar-refractivity contribution >= 4 is 10.8 Å². The van der Waals surface area contributed by atoms with Crippen LogP contribution in [-0.4, -0.2) is 6.61 Å². The Morgan fingerprint density at radius 3 is 2.57 bits per heavy atom. The lowest BCUT2D eigenvalue weighted by atomic mass is 9.79. The van der Waals surface area contributed by atoms with E-state index in [-0.39, 0.29) is 17.1 Å². The summed E-state index contributed by atoms with van der Waals surface area (Å²) in [5, 5.41) is 0.618. The highest BCUT2D eigenvalue weighted by Crippen LogP contribution is 2.38. The van der Waals surface area contributed by atoms with E-state index in [1.807, 2.05) is 6.07 Å². The number of ether oxygens (including phenoxy) is 1. The first-order valence-corrected chi connectivity index (χ1v) is 11.0. The van der Waals surface area contributed by atoms with Gasteiger partial charge in [-0.3, -0.25) is 0 Å². The van der Waals surface area contributed by atoms with Crippen LogP contribution >= 0.6 is 0 Å². The van der Waals surface area contributed by atoms with Gasteiger partial charge in [0.25, 0.3) is 0 Å². The van der Waals surface area contributed by atoms with E-state index in [1.165, 1.54) is 25.7 Å². The van der Waals surface area contributed by atoms with Crippen LogP contribution in [0.25, 0.3) is 10.8 Å². The van der Waals surface area contributed by atoms with E-state index in [4.69, 9.17) is 9.15 Å². The minimum absolute atomic E-state index is 0.00878. The fourth-order valence-electron chi connectivity index (χ4n) is 4.41. The molecule has 1 heterocycles. The molecule has 1 aromatic carbocycles. The second-order valence-electron chi connectivity index (χ2n) is 8.19. The van der Waals surface area contributed by atoms with Crippen molar-refractivity contribution in [3.63, 3.8) is 0 Å². The quantitative estimate of drug-likeness (QED) is 0.436. The van der Waals surface area contributed by atoms with E-state index >= 15 is 0 Å². The molecular weight excluding hydrogens is 355 g/mol. The Bertz CT molecular complexity index is 818. The average Bonchev–Trinajstić information content (AvgIpc) is 2.70. The van der Waals surface area contributed by atoms with Gasteiger partial charge in [-0.2, -0.15) is 0 Å². The fourth-order valence-corrected chi connectivity index (χ4v) is 4.41. The standard InChI is InChI=1S/C24H33FO3/c1-3-5-6-7-15-27-20-14-13-19-16-21(28-24(26)22(19)23(20)25)18-11-9-17(8-4-2)10-12-18/h13-14,16-18H,3-12,15H2,1-2H3. The van der Waals surface area contributed by atoms with Crippen molar-refractivity contribution < 1.29 is 13.5 Å². The lowest BCUT2D eigenvalue weighted by molar-refractivity contribution is 0.279. The molecular formula is C24H33FO3. The van der Waals surface area contributed by atoms with E-state index in [2.05, 4.69) is 13.8 Å². The molecule has 1 aliphatic rings. The van der Waals surface area contributed by atoms with E-state index in [0.717, 1.165) is 44.4 Å². The summed E-state index contributed by atoms with van der Waals surface area (Å²) >= 11 is 0. The van der Waals surface area contributed by atoms with Gasteiger partial charge in [0.05, 0.1) is 6.61 Å². The van der Waals surface area contributed by atoms with E-state index in [1.54, 1.807) is 12.1 Å². The number of benzene rings is 1. The Labute approximate surface area is 167 Å². The van der Waals surface area contributed by atoms with Gasteiger partial charge in [0.15, 0.2) is 11.6 Å². The molecule has 0 aliphatic heterocycles. The molecule has 0 spiro atoms. The van der Waals surface area contributed by atoms with Gasteiger partial charge >= 0.3 is 5.63 Å². The second kappa shape index (κ2) is 10.1. The third-order valence-electron chi connectivity index (χ3n) is 6.05. The maximum atomic E-state index is 14.8. The van der Waals surface area contributed by atoms with Crippen LogP contribution in [0.1, 0.15) is 89.7 Å². The van der Waals surface area contributed by atoms with Crippen LogP contribution in [0, 0.1) is 11.7 Å². The Hall–Kier alpha value is -1.84. The number of hydrogen-bond donors (Lipinski definition) is 0. The molecule has 28 heavy (non-hydrogen) atoms. The average molecular weight is 389 g/mol. The molecule has 0 atom stereocenters. The summed E-state index contributed by atoms with van der Waals surface area (Å²) < 4.78 is 26.0. The maximum absolute atomic E-state index is 14.8. The second-order valence-corrected chi connectivity index (χ2v) is 8.19. The van der Waals surface area contributed by atoms with Crippen molar-refractivity contribution in [3.8, 4) is 5.75 Å². The molecule has 0 amide bonds. The van der Waals surface area contributed by atoms with Gasteiger partial charge in [0.1, 0.15) is 11.1 Å². The Morgan fingerprint density at radius 2 is 1.86 bits per heavy atom. The van der Waals surface area contributed by atoms with Crippen LogP contribution < -0.4 is 10.4 Å². The normalized spacial score (nSPS) is 19.8. The first-order chi connectivity index (χ1) is 13.6. The first-order valence-electron chi connectivity index (χ1n) is 11.0. The van der Waals surface area contributed by atoms with Crippen LogP contribution in [0.15, 0.2) is 27.4 Å². The van der Waals surface area contributed by atoms with Gasteiger partial charge < -0.3 is 9.15 Å². The molecule has 0 unspecified atom stereocenters. The molecule has 0 bridgehead atoms. The molecule has 1 aliphatic carbocycles. The molecule has 0 N–H and O–H groups in total. The van der Waals surface area contributed by atoms with Crippen molar-refractivity contribution in [2.24, 2.45) is 5.92 Å². The summed E-state index contributed by atoms with van der Waals surface area (Å²) in [6.45, 7) is 4.84. The molecule has 0 saturated heterocycles. The molecule has 4 heteroatoms. The predicted molar refractivity (Wildman–Crippen MR) is 112 cm³/mol. The predicted octanol–water partition coefficient (Wildman–Crippen LogP) is 6.97. The van der Waals surface area contributed by atoms with Gasteiger partial charge in [0, 0.05) is 5.92 Å². The zero-order valence-electron chi connectivity index (χ0n) is 17.3. The van der Waals surface area contributed by atoms with Gasteiger partial charge in [-0.1, -0.05) is 52.0 Å². The SMILES string of the molecule is CCCCCCOc1ccc2cc(C3CCC(CCC)CC3)oc(=O)c2c1F. The van der Waals surface area contributed by atoms with E-state index in [9.17, 15) is 9.18 Å². The zero-order valence-corrected chi connectivity index (χ0v) is 17.3. The Balaban J connectivity index is 1.73. The number of fused-ring (bicyclic) bond motifs is 1. The minimum atomic E-state index is -0.597. The lowest BCUT2D eigenvalue weighted by Crippen LogP contribution is -2.15. The summed E-state index contributed by atoms with van der Waals surface area (Å²) in [6.07, 6.45) is 11.2. The monoisotopic (exact) mass is 388 g/mol. The topological polar surface area (TPSA) is 39.4 Å². The van der Waals surface area contributed by atoms with Crippen molar-refractivity contribution in [1.82, 2.24) is 0 Å². The molecule has 0 radical (unpaired) electrons. The molecule has 3 rings (SSSR count). The van der Waals surface area contributed by atoms with Gasteiger partial charge in [-0.15, -0.1) is 0 Å². The smallest absolute Gasteiger partial charge is 0.346 e. The lowest BCUT2D eigenvalue weighted by Gasteiger charge is -2.27. The number of hydrogen-bond acceptors (Lipinski definition) is 3. The van der Waals surface area contributed by atoms with Gasteiger partial charge in [-0.05, 0) is 55.5 Å². The van der Waals surface area contributed by atoms with Crippen LogP contribution in [0.4, 0.5) is 4.39 Å². The molecule has 1 aromatic heterocycles. The Morgan fingerprint density at radius 1 is 1.07 bits per heavy atom. The highest BCUT2D eigenvalue weighted by Gasteiger charge is 2.25. The summed E-state index contributed by atoms with van der Waals surface area (Å²) in [6, 6.07) is 5.28. The summed E-state index contributed by atoms with van der Waals surface area (Å²) in [4.78, 5) is 12.5. The first kappa shape index (κ1) is 20.9. The van der Waals surface area contributed by atoms with Crippen molar-refractivity contribution in [2.45, 2.75) is 84.0 Å². The molecule has 3 nitrogen and oxygen atoms in total. The Kier molecular flexibility index (Phi) is 7.52. The fraction of sp³-hybridized carbons (Fsp3) is 0.625. The largest absolute Gasteiger partial charge is 0.490 e. The maximum Gasteiger partial charge on any atom is 0.346 e. The molecule has 1 fully saturated rings. The van der Waals surface area contributed by atoms with Gasteiger partial charge in [-0.25, -0.2) is 9.18 Å². The van der Waals surface area contributed by atoms with Crippen molar-refractivity contribution in [1.29, 1.82) is 0 Å². The molecule has 1 saturated carbocycles. The third-order valence-corrected chi connectivity index (χ3v) is 6.05. The van der Waals surface area contributed by atoms with Gasteiger partial charge in [0.2, 0.25) is 0 Å². The van der Waals surface area contributed by atoms with Crippen LogP contribution in [0.5, 0.6) is 5.75 Å². The van der Waals surface area contributed by atoms with Crippen molar-refractivity contribution in [3.05, 3.63) is 40.2 Å². The zero-order chi connectivity index (χ0) is 19.9. The third kappa shape index (κ3) is 4.95. The van der Waals surface area contributed by atoms with Crippen LogP contribution in [-0.2, 0) is 0 Å².